The molecule has 1 aromatic rings. The predicted molar refractivity (Wildman–Crippen MR) is 70.8 cm³/mol. The molecule has 1 saturated heterocycles. The molecule has 1 fully saturated rings. The van der Waals surface area contributed by atoms with Crippen LogP contribution >= 0.6 is 11.6 Å². The molecule has 110 valence electrons. The third-order valence-corrected chi connectivity index (χ3v) is 3.93. The fourth-order valence-electron chi connectivity index (χ4n) is 2.39. The van der Waals surface area contributed by atoms with Crippen molar-refractivity contribution in [1.82, 2.24) is 9.55 Å². The molecule has 0 unspecified atom stereocenters. The first kappa shape index (κ1) is 13.8. The lowest BCUT2D eigenvalue weighted by atomic mass is 10.2. The van der Waals surface area contributed by atoms with Gasteiger partial charge in [-0.3, -0.25) is 9.56 Å². The van der Waals surface area contributed by atoms with Crippen molar-refractivity contribution in [2.45, 2.75) is 29.9 Å². The number of fused-ring (bicyclic) bond motifs is 1. The number of halogens is 1. The maximum Gasteiger partial charge on any atom is 0.156 e. The van der Waals surface area contributed by atoms with Crippen LogP contribution in [0.15, 0.2) is 11.3 Å². The Balaban J connectivity index is 1.94. The van der Waals surface area contributed by atoms with Crippen molar-refractivity contribution in [2.24, 2.45) is 4.99 Å². The highest BCUT2D eigenvalue weighted by atomic mass is 35.5. The summed E-state index contributed by atoms with van der Waals surface area (Å²) in [7, 11) is 0. The minimum atomic E-state index is -0.978. The second-order valence-electron chi connectivity index (χ2n) is 4.72. The number of aromatic nitrogens is 2. The summed E-state index contributed by atoms with van der Waals surface area (Å²) in [4.78, 5) is 8.11. The average molecular weight is 303 g/mol. The van der Waals surface area contributed by atoms with Crippen molar-refractivity contribution in [3.05, 3.63) is 12.0 Å². The van der Waals surface area contributed by atoms with Crippen LogP contribution in [0.25, 0.3) is 0 Å². The van der Waals surface area contributed by atoms with Crippen LogP contribution in [-0.2, 0) is 4.74 Å². The van der Waals surface area contributed by atoms with Crippen LogP contribution in [0, 0.1) is 0 Å². The number of aliphatic hydroxyl groups excluding tert-OH is 3. The lowest BCUT2D eigenvalue weighted by Crippen LogP contribution is -2.30. The lowest BCUT2D eigenvalue weighted by Gasteiger charge is -2.18. The molecule has 0 bridgehead atoms. The second-order valence-corrected chi connectivity index (χ2v) is 5.23. The van der Waals surface area contributed by atoms with Crippen LogP contribution < -0.4 is 5.32 Å². The fourth-order valence-corrected chi connectivity index (χ4v) is 2.73. The molecule has 2 aliphatic heterocycles. The molecule has 2 aliphatic rings. The van der Waals surface area contributed by atoms with E-state index in [0.29, 0.717) is 11.5 Å². The van der Waals surface area contributed by atoms with Crippen LogP contribution in [0.5, 0.6) is 0 Å². The van der Waals surface area contributed by atoms with Gasteiger partial charge in [0.2, 0.25) is 0 Å². The van der Waals surface area contributed by atoms with Crippen molar-refractivity contribution >= 4 is 23.8 Å². The van der Waals surface area contributed by atoms with Gasteiger partial charge in [0.15, 0.2) is 6.23 Å². The van der Waals surface area contributed by atoms with E-state index in [9.17, 15) is 10.2 Å². The van der Waals surface area contributed by atoms with Crippen molar-refractivity contribution in [3.63, 3.8) is 0 Å². The van der Waals surface area contributed by atoms with Gasteiger partial charge in [0.1, 0.15) is 35.2 Å². The summed E-state index contributed by atoms with van der Waals surface area (Å²) in [5.74, 6) is 0.514. The zero-order valence-electron chi connectivity index (χ0n) is 10.4. The van der Waals surface area contributed by atoms with E-state index < -0.39 is 29.9 Å². The summed E-state index contributed by atoms with van der Waals surface area (Å²) in [6.45, 7) is -0.107. The highest BCUT2D eigenvalue weighted by Crippen LogP contribution is 2.37. The Hall–Kier alpha value is -1.19. The van der Waals surface area contributed by atoms with Crippen LogP contribution in [0.2, 0.25) is 0 Å². The summed E-state index contributed by atoms with van der Waals surface area (Å²) >= 11 is 6.15. The molecular weight excluding hydrogens is 288 g/mol. The van der Waals surface area contributed by atoms with Crippen LogP contribution in [0.3, 0.4) is 0 Å². The zero-order chi connectivity index (χ0) is 14.3. The molecule has 0 radical (unpaired) electrons. The summed E-state index contributed by atoms with van der Waals surface area (Å²) in [5, 5.41) is 31.1. The van der Waals surface area contributed by atoms with Crippen LogP contribution in [0.4, 0.5) is 5.82 Å². The summed E-state index contributed by atoms with van der Waals surface area (Å²) in [6, 6.07) is 0. The Labute approximate surface area is 119 Å². The van der Waals surface area contributed by atoms with Crippen molar-refractivity contribution in [3.8, 4) is 0 Å². The minimum absolute atomic E-state index is 0.217. The molecule has 1 aromatic heterocycles. The van der Waals surface area contributed by atoms with E-state index in [-0.39, 0.29) is 13.2 Å². The number of ether oxygens (including phenoxy) is 1. The number of nitrogens with one attached hydrogen (secondary N) is 1. The second kappa shape index (κ2) is 5.30. The maximum atomic E-state index is 9.92. The summed E-state index contributed by atoms with van der Waals surface area (Å²) in [5.41, 5.74) is 0.442. The molecule has 0 aromatic carbocycles. The average Bonchev–Trinajstić information content (AvgIpc) is 2.92. The highest BCUT2D eigenvalue weighted by molar-refractivity contribution is 6.21. The Kier molecular flexibility index (Phi) is 3.65. The van der Waals surface area contributed by atoms with Gasteiger partial charge >= 0.3 is 0 Å². The normalized spacial score (nSPS) is 36.5. The van der Waals surface area contributed by atoms with Gasteiger partial charge in [-0.15, -0.1) is 11.6 Å². The largest absolute Gasteiger partial charge is 0.394 e. The molecule has 20 heavy (non-hydrogen) atoms. The number of aliphatic hydroxyl groups is 3. The first-order valence-corrected chi connectivity index (χ1v) is 6.65. The number of hydrogen-bond acceptors (Lipinski definition) is 7. The highest BCUT2D eigenvalue weighted by Gasteiger charge is 2.44. The molecule has 0 amide bonds. The van der Waals surface area contributed by atoms with Crippen LogP contribution in [0.1, 0.15) is 18.0 Å². The van der Waals surface area contributed by atoms with E-state index in [4.69, 9.17) is 21.4 Å². The van der Waals surface area contributed by atoms with Crippen LogP contribution in [-0.4, -0.2) is 61.9 Å². The van der Waals surface area contributed by atoms with E-state index in [2.05, 4.69) is 15.3 Å². The van der Waals surface area contributed by atoms with Gasteiger partial charge in [0, 0.05) is 0 Å². The molecule has 8 nitrogen and oxygen atoms in total. The standard InChI is InChI=1S/C11H15ClN4O4/c12-7-9(19)6(2-17)20-11(7)16-4-15-8-5(18)1-13-3-14-10(8)16/h3-7,9,11,17-19H,1-2H2,(H,13,14)/t5-,6-,7+,9+,11-/m1/s1. The van der Waals surface area contributed by atoms with E-state index >= 15 is 0 Å². The topological polar surface area (TPSA) is 112 Å². The van der Waals surface area contributed by atoms with Crippen molar-refractivity contribution in [2.75, 3.05) is 18.5 Å². The van der Waals surface area contributed by atoms with Gasteiger partial charge in [0.05, 0.1) is 25.8 Å². The number of aliphatic imine (C=N–C) groups is 1. The number of nitrogens with zero attached hydrogens (tertiary/aromatic N) is 3. The van der Waals surface area contributed by atoms with Gasteiger partial charge in [-0.1, -0.05) is 0 Å². The molecule has 3 heterocycles. The molecular formula is C11H15ClN4O4. The smallest absolute Gasteiger partial charge is 0.156 e. The first-order chi connectivity index (χ1) is 9.63. The number of rotatable bonds is 2. The Morgan fingerprint density at radius 2 is 2.30 bits per heavy atom. The zero-order valence-corrected chi connectivity index (χ0v) is 11.2. The minimum Gasteiger partial charge on any atom is -0.394 e. The third-order valence-electron chi connectivity index (χ3n) is 3.46. The fraction of sp³-hybridized carbons (Fsp3) is 0.636. The number of imidazole rings is 1. The molecule has 0 spiro atoms. The first-order valence-electron chi connectivity index (χ1n) is 6.21. The van der Waals surface area contributed by atoms with Gasteiger partial charge < -0.3 is 25.4 Å². The van der Waals surface area contributed by atoms with E-state index in [0.717, 1.165) is 0 Å². The number of alkyl halides is 1. The van der Waals surface area contributed by atoms with E-state index in [1.165, 1.54) is 12.7 Å². The number of anilines is 1. The molecule has 3 rings (SSSR count). The quantitative estimate of drug-likeness (QED) is 0.534. The summed E-state index contributed by atoms with van der Waals surface area (Å²) in [6.07, 6.45) is -0.283. The molecule has 4 N–H and O–H groups in total. The molecule has 9 heteroatoms. The maximum absolute atomic E-state index is 9.92. The molecule has 0 saturated carbocycles. The molecule has 0 aliphatic carbocycles. The SMILES string of the molecule is OC[C@H]1O[C@@H](n2cnc3c2NC=NC[C@H]3O)[C@@H](Cl)[C@H]1O. The van der Waals surface area contributed by atoms with Gasteiger partial charge in [-0.25, -0.2) is 4.98 Å². The molecule has 5 atom stereocenters. The predicted octanol–water partition coefficient (Wildman–Crippen LogP) is -0.772. The Morgan fingerprint density at radius 3 is 3.00 bits per heavy atom. The van der Waals surface area contributed by atoms with Crippen molar-refractivity contribution in [1.29, 1.82) is 0 Å². The monoisotopic (exact) mass is 302 g/mol. The lowest BCUT2D eigenvalue weighted by molar-refractivity contribution is -0.0436. The van der Waals surface area contributed by atoms with Gasteiger partial charge in [-0.2, -0.15) is 0 Å². The van der Waals surface area contributed by atoms with E-state index in [1.54, 1.807) is 4.57 Å². The number of hydrogen-bond donors (Lipinski definition) is 4. The van der Waals surface area contributed by atoms with Crippen molar-refractivity contribution < 1.29 is 20.1 Å². The van der Waals surface area contributed by atoms with E-state index in [1.807, 2.05) is 0 Å². The van der Waals surface area contributed by atoms with Gasteiger partial charge in [-0.05, 0) is 0 Å². The Bertz CT molecular complexity index is 523. The van der Waals surface area contributed by atoms with Gasteiger partial charge in [0.25, 0.3) is 0 Å². The Morgan fingerprint density at radius 1 is 1.50 bits per heavy atom. The third kappa shape index (κ3) is 2.09. The summed E-state index contributed by atoms with van der Waals surface area (Å²) < 4.78 is 7.14.